The Morgan fingerprint density at radius 3 is 2.72 bits per heavy atom. The van der Waals surface area contributed by atoms with Crippen molar-refractivity contribution in [2.75, 3.05) is 10.6 Å². The van der Waals surface area contributed by atoms with E-state index >= 15 is 0 Å². The lowest BCUT2D eigenvalue weighted by molar-refractivity contribution is 0.102. The van der Waals surface area contributed by atoms with Gasteiger partial charge in [-0.05, 0) is 30.7 Å². The molecule has 0 bridgehead atoms. The molecule has 0 spiro atoms. The summed E-state index contributed by atoms with van der Waals surface area (Å²) in [4.78, 5) is 20.5. The Bertz CT molecular complexity index is 898. The molecule has 5 nitrogen and oxygen atoms in total. The zero-order valence-corrected chi connectivity index (χ0v) is 14.4. The molecule has 0 fully saturated rings. The van der Waals surface area contributed by atoms with E-state index in [1.807, 2.05) is 25.1 Å². The summed E-state index contributed by atoms with van der Waals surface area (Å²) < 4.78 is 0. The highest BCUT2D eigenvalue weighted by atomic mass is 35.5. The first-order valence-electron chi connectivity index (χ1n) is 7.78. The molecule has 0 saturated carbocycles. The van der Waals surface area contributed by atoms with Crippen LogP contribution < -0.4 is 10.6 Å². The SMILES string of the molecule is Cc1cccc(CNc2cc(C(=O)Nc3cccc(Cl)c3)ncn2)c1. The van der Waals surface area contributed by atoms with Crippen LogP contribution in [-0.4, -0.2) is 15.9 Å². The highest BCUT2D eigenvalue weighted by molar-refractivity contribution is 6.30. The number of carbonyl (C=O) groups excluding carboxylic acids is 1. The smallest absolute Gasteiger partial charge is 0.274 e. The van der Waals surface area contributed by atoms with Gasteiger partial charge in [-0.25, -0.2) is 9.97 Å². The maximum atomic E-state index is 12.3. The molecule has 6 heteroatoms. The van der Waals surface area contributed by atoms with Gasteiger partial charge in [0, 0.05) is 23.3 Å². The molecule has 0 unspecified atom stereocenters. The van der Waals surface area contributed by atoms with E-state index in [0.717, 1.165) is 5.56 Å². The molecule has 0 aliphatic carbocycles. The van der Waals surface area contributed by atoms with Crippen LogP contribution in [0.3, 0.4) is 0 Å². The normalized spacial score (nSPS) is 10.3. The van der Waals surface area contributed by atoms with Crippen molar-refractivity contribution in [2.45, 2.75) is 13.5 Å². The molecule has 3 aromatic rings. The maximum absolute atomic E-state index is 12.3. The summed E-state index contributed by atoms with van der Waals surface area (Å²) in [5, 5.41) is 6.53. The van der Waals surface area contributed by atoms with Gasteiger partial charge in [-0.1, -0.05) is 47.5 Å². The van der Waals surface area contributed by atoms with E-state index < -0.39 is 0 Å². The van der Waals surface area contributed by atoms with Crippen molar-refractivity contribution in [3.8, 4) is 0 Å². The molecule has 2 aromatic carbocycles. The fourth-order valence-electron chi connectivity index (χ4n) is 2.35. The predicted molar refractivity (Wildman–Crippen MR) is 99.9 cm³/mol. The van der Waals surface area contributed by atoms with E-state index in [-0.39, 0.29) is 11.6 Å². The van der Waals surface area contributed by atoms with Crippen LogP contribution in [0.5, 0.6) is 0 Å². The lowest BCUT2D eigenvalue weighted by Gasteiger charge is -2.08. The number of aryl methyl sites for hydroxylation is 1. The van der Waals surface area contributed by atoms with Crippen molar-refractivity contribution in [2.24, 2.45) is 0 Å². The number of anilines is 2. The average molecular weight is 353 g/mol. The molecule has 1 aromatic heterocycles. The predicted octanol–water partition coefficient (Wildman–Crippen LogP) is 4.30. The van der Waals surface area contributed by atoms with Gasteiger partial charge in [0.25, 0.3) is 5.91 Å². The number of hydrogen-bond acceptors (Lipinski definition) is 4. The van der Waals surface area contributed by atoms with Crippen molar-refractivity contribution in [1.29, 1.82) is 0 Å². The van der Waals surface area contributed by atoms with Crippen molar-refractivity contribution >= 4 is 29.0 Å². The van der Waals surface area contributed by atoms with Crippen molar-refractivity contribution in [3.05, 3.63) is 82.8 Å². The molecule has 0 radical (unpaired) electrons. The van der Waals surface area contributed by atoms with Gasteiger partial charge >= 0.3 is 0 Å². The van der Waals surface area contributed by atoms with Gasteiger partial charge in [-0.2, -0.15) is 0 Å². The van der Waals surface area contributed by atoms with Crippen LogP contribution in [0.25, 0.3) is 0 Å². The third kappa shape index (κ3) is 4.78. The zero-order valence-electron chi connectivity index (χ0n) is 13.7. The molecule has 126 valence electrons. The lowest BCUT2D eigenvalue weighted by Crippen LogP contribution is -2.14. The molecule has 0 aliphatic heterocycles. The Labute approximate surface area is 151 Å². The van der Waals surface area contributed by atoms with Gasteiger partial charge in [0.1, 0.15) is 17.8 Å². The fourth-order valence-corrected chi connectivity index (χ4v) is 2.54. The van der Waals surface area contributed by atoms with Crippen LogP contribution in [0.15, 0.2) is 60.9 Å². The second-order valence-corrected chi connectivity index (χ2v) is 6.03. The summed E-state index contributed by atoms with van der Waals surface area (Å²) in [5.41, 5.74) is 3.24. The van der Waals surface area contributed by atoms with Crippen molar-refractivity contribution < 1.29 is 4.79 Å². The van der Waals surface area contributed by atoms with Crippen LogP contribution >= 0.6 is 11.6 Å². The summed E-state index contributed by atoms with van der Waals surface area (Å²) in [5.74, 6) is 0.274. The van der Waals surface area contributed by atoms with Crippen LogP contribution in [0.1, 0.15) is 21.6 Å². The highest BCUT2D eigenvalue weighted by Crippen LogP contribution is 2.16. The Kier molecular flexibility index (Phi) is 5.26. The Morgan fingerprint density at radius 1 is 1.08 bits per heavy atom. The molecule has 0 saturated heterocycles. The van der Waals surface area contributed by atoms with E-state index in [9.17, 15) is 4.79 Å². The van der Waals surface area contributed by atoms with Gasteiger partial charge in [0.2, 0.25) is 0 Å². The van der Waals surface area contributed by atoms with Gasteiger partial charge < -0.3 is 10.6 Å². The number of aromatic nitrogens is 2. The van der Waals surface area contributed by atoms with Gasteiger partial charge in [-0.15, -0.1) is 0 Å². The minimum Gasteiger partial charge on any atom is -0.366 e. The quantitative estimate of drug-likeness (QED) is 0.718. The minimum atomic E-state index is -0.316. The molecule has 1 heterocycles. The summed E-state index contributed by atoms with van der Waals surface area (Å²) in [7, 11) is 0. The number of hydrogen-bond donors (Lipinski definition) is 2. The zero-order chi connectivity index (χ0) is 17.6. The second kappa shape index (κ2) is 7.77. The first-order valence-corrected chi connectivity index (χ1v) is 8.16. The number of carbonyl (C=O) groups is 1. The summed E-state index contributed by atoms with van der Waals surface area (Å²) in [6.45, 7) is 2.67. The molecular weight excluding hydrogens is 336 g/mol. The molecular formula is C19H17ClN4O. The Hall–Kier alpha value is -2.92. The number of nitrogens with zero attached hydrogens (tertiary/aromatic N) is 2. The van der Waals surface area contributed by atoms with Crippen LogP contribution in [-0.2, 0) is 6.54 Å². The minimum absolute atomic E-state index is 0.279. The van der Waals surface area contributed by atoms with E-state index in [0.29, 0.717) is 23.1 Å². The highest BCUT2D eigenvalue weighted by Gasteiger charge is 2.09. The first-order chi connectivity index (χ1) is 12.1. The van der Waals surface area contributed by atoms with E-state index in [4.69, 9.17) is 11.6 Å². The number of nitrogens with one attached hydrogen (secondary N) is 2. The molecule has 2 N–H and O–H groups in total. The third-order valence-electron chi connectivity index (χ3n) is 3.54. The average Bonchev–Trinajstić information content (AvgIpc) is 2.60. The van der Waals surface area contributed by atoms with E-state index in [1.54, 1.807) is 30.3 Å². The summed E-state index contributed by atoms with van der Waals surface area (Å²) >= 11 is 5.92. The Balaban J connectivity index is 1.67. The van der Waals surface area contributed by atoms with Gasteiger partial charge in [0.05, 0.1) is 0 Å². The topological polar surface area (TPSA) is 66.9 Å². The monoisotopic (exact) mass is 352 g/mol. The van der Waals surface area contributed by atoms with Crippen molar-refractivity contribution in [3.63, 3.8) is 0 Å². The maximum Gasteiger partial charge on any atom is 0.274 e. The standard InChI is InChI=1S/C19H17ClN4O/c1-13-4-2-5-14(8-13)11-21-18-10-17(22-12-23-18)19(25)24-16-7-3-6-15(20)9-16/h2-10,12H,11H2,1H3,(H,24,25)(H,21,22,23). The van der Waals surface area contributed by atoms with Crippen LogP contribution in [0, 0.1) is 6.92 Å². The third-order valence-corrected chi connectivity index (χ3v) is 3.77. The number of amides is 1. The van der Waals surface area contributed by atoms with Crippen LogP contribution in [0.2, 0.25) is 5.02 Å². The summed E-state index contributed by atoms with van der Waals surface area (Å²) in [6.07, 6.45) is 1.37. The van der Waals surface area contributed by atoms with Crippen molar-refractivity contribution in [1.82, 2.24) is 9.97 Å². The van der Waals surface area contributed by atoms with Crippen LogP contribution in [0.4, 0.5) is 11.5 Å². The summed E-state index contributed by atoms with van der Waals surface area (Å²) in [6, 6.07) is 16.8. The van der Waals surface area contributed by atoms with Gasteiger partial charge in [-0.3, -0.25) is 4.79 Å². The molecule has 0 aliphatic rings. The Morgan fingerprint density at radius 2 is 1.92 bits per heavy atom. The number of rotatable bonds is 5. The van der Waals surface area contributed by atoms with E-state index in [2.05, 4.69) is 26.7 Å². The fraction of sp³-hybridized carbons (Fsp3) is 0.105. The number of halogens is 1. The largest absolute Gasteiger partial charge is 0.366 e. The van der Waals surface area contributed by atoms with Gasteiger partial charge in [0.15, 0.2) is 0 Å². The molecule has 25 heavy (non-hydrogen) atoms. The second-order valence-electron chi connectivity index (χ2n) is 5.60. The molecule has 0 atom stereocenters. The van der Waals surface area contributed by atoms with E-state index in [1.165, 1.54) is 11.9 Å². The first kappa shape index (κ1) is 16.9. The molecule has 3 rings (SSSR count). The molecule has 1 amide bonds. The lowest BCUT2D eigenvalue weighted by atomic mass is 10.1. The number of benzene rings is 2.